The molecule has 3 aromatic rings. The Morgan fingerprint density at radius 3 is 2.65 bits per heavy atom. The number of hydrogen-bond acceptors (Lipinski definition) is 5. The number of aromatic nitrogens is 1. The normalized spacial score (nSPS) is 13.4. The van der Waals surface area contributed by atoms with Crippen LogP contribution in [0.3, 0.4) is 0 Å². The monoisotopic (exact) mass is 420 g/mol. The average Bonchev–Trinajstić information content (AvgIpc) is 3.29. The zero-order chi connectivity index (χ0) is 21.5. The SMILES string of the molecule is CNC(=O)OCc1c(C)c2n(c1-c1ccccc1OC)-c1cc3c(cc1C2)OCCO3. The summed E-state index contributed by atoms with van der Waals surface area (Å²) in [7, 11) is 3.22. The summed E-state index contributed by atoms with van der Waals surface area (Å²) < 4.78 is 25.0. The van der Waals surface area contributed by atoms with Crippen LogP contribution in [0.2, 0.25) is 0 Å². The van der Waals surface area contributed by atoms with Crippen LogP contribution in [-0.2, 0) is 17.8 Å². The second kappa shape index (κ2) is 7.58. The topological polar surface area (TPSA) is 71.0 Å². The number of amides is 1. The van der Waals surface area contributed by atoms with E-state index in [-0.39, 0.29) is 6.61 Å². The number of nitrogens with zero attached hydrogens (tertiary/aromatic N) is 1. The molecule has 0 radical (unpaired) electrons. The van der Waals surface area contributed by atoms with Crippen molar-refractivity contribution in [3.05, 3.63) is 58.8 Å². The molecule has 7 heteroatoms. The van der Waals surface area contributed by atoms with Crippen molar-refractivity contribution >= 4 is 6.09 Å². The molecule has 0 unspecified atom stereocenters. The van der Waals surface area contributed by atoms with E-state index >= 15 is 0 Å². The predicted octanol–water partition coefficient (Wildman–Crippen LogP) is 3.99. The Morgan fingerprint density at radius 2 is 1.90 bits per heavy atom. The fourth-order valence-electron chi connectivity index (χ4n) is 4.43. The Bertz CT molecular complexity index is 1180. The van der Waals surface area contributed by atoms with Gasteiger partial charge in [-0.25, -0.2) is 4.79 Å². The van der Waals surface area contributed by atoms with Gasteiger partial charge in [0, 0.05) is 36.4 Å². The second-order valence-corrected chi connectivity index (χ2v) is 7.56. The van der Waals surface area contributed by atoms with Gasteiger partial charge in [0.05, 0.1) is 18.5 Å². The van der Waals surface area contributed by atoms with Gasteiger partial charge in [0.25, 0.3) is 0 Å². The maximum atomic E-state index is 11.8. The summed E-state index contributed by atoms with van der Waals surface area (Å²) in [5.41, 5.74) is 7.35. The smallest absolute Gasteiger partial charge is 0.407 e. The number of ether oxygens (including phenoxy) is 4. The van der Waals surface area contributed by atoms with Gasteiger partial charge in [0.1, 0.15) is 25.6 Å². The van der Waals surface area contributed by atoms with Crippen LogP contribution in [0.5, 0.6) is 17.2 Å². The number of rotatable bonds is 4. The summed E-state index contributed by atoms with van der Waals surface area (Å²) in [6.45, 7) is 3.34. The van der Waals surface area contributed by atoms with Crippen molar-refractivity contribution in [1.82, 2.24) is 9.88 Å². The van der Waals surface area contributed by atoms with Crippen molar-refractivity contribution < 1.29 is 23.7 Å². The van der Waals surface area contributed by atoms with E-state index in [1.54, 1.807) is 14.2 Å². The van der Waals surface area contributed by atoms with Crippen LogP contribution in [0, 0.1) is 6.92 Å². The molecule has 0 aliphatic carbocycles. The third-order valence-corrected chi connectivity index (χ3v) is 5.92. The molecule has 0 saturated carbocycles. The Labute approximate surface area is 180 Å². The molecule has 31 heavy (non-hydrogen) atoms. The van der Waals surface area contributed by atoms with E-state index in [4.69, 9.17) is 18.9 Å². The minimum Gasteiger partial charge on any atom is -0.496 e. The Kier molecular flexibility index (Phi) is 4.73. The summed E-state index contributed by atoms with van der Waals surface area (Å²) >= 11 is 0. The second-order valence-electron chi connectivity index (χ2n) is 7.56. The summed E-state index contributed by atoms with van der Waals surface area (Å²) in [5.74, 6) is 2.30. The van der Waals surface area contributed by atoms with Gasteiger partial charge < -0.3 is 28.8 Å². The van der Waals surface area contributed by atoms with E-state index in [1.165, 1.54) is 5.56 Å². The quantitative estimate of drug-likeness (QED) is 0.541. The van der Waals surface area contributed by atoms with E-state index in [2.05, 4.69) is 22.9 Å². The zero-order valence-electron chi connectivity index (χ0n) is 17.8. The lowest BCUT2D eigenvalue weighted by atomic mass is 10.0. The van der Waals surface area contributed by atoms with E-state index < -0.39 is 6.09 Å². The number of benzene rings is 2. The molecule has 0 atom stereocenters. The van der Waals surface area contributed by atoms with Gasteiger partial charge in [0.2, 0.25) is 0 Å². The van der Waals surface area contributed by atoms with Crippen molar-refractivity contribution in [3.63, 3.8) is 0 Å². The molecule has 0 spiro atoms. The summed E-state index contributed by atoms with van der Waals surface area (Å²) in [6.07, 6.45) is 0.302. The highest BCUT2D eigenvalue weighted by Gasteiger charge is 2.32. The lowest BCUT2D eigenvalue weighted by Gasteiger charge is -2.20. The molecule has 0 saturated heterocycles. The fourth-order valence-corrected chi connectivity index (χ4v) is 4.43. The molecule has 7 nitrogen and oxygen atoms in total. The van der Waals surface area contributed by atoms with Crippen LogP contribution >= 0.6 is 0 Å². The lowest BCUT2D eigenvalue weighted by Crippen LogP contribution is -2.19. The van der Waals surface area contributed by atoms with Gasteiger partial charge in [-0.2, -0.15) is 0 Å². The number of methoxy groups -OCH3 is 1. The van der Waals surface area contributed by atoms with Crippen molar-refractivity contribution in [2.24, 2.45) is 0 Å². The molecule has 0 fully saturated rings. The van der Waals surface area contributed by atoms with Gasteiger partial charge in [-0.3, -0.25) is 0 Å². The first-order valence-corrected chi connectivity index (χ1v) is 10.3. The minimum absolute atomic E-state index is 0.165. The van der Waals surface area contributed by atoms with E-state index in [0.717, 1.165) is 57.4 Å². The molecule has 1 N–H and O–H groups in total. The number of fused-ring (bicyclic) bond motifs is 4. The van der Waals surface area contributed by atoms with E-state index in [1.807, 2.05) is 30.3 Å². The molecule has 160 valence electrons. The van der Waals surface area contributed by atoms with Crippen molar-refractivity contribution in [2.45, 2.75) is 20.0 Å². The van der Waals surface area contributed by atoms with Gasteiger partial charge in [0.15, 0.2) is 11.5 Å². The fraction of sp³-hybridized carbons (Fsp3) is 0.292. The molecule has 0 bridgehead atoms. The van der Waals surface area contributed by atoms with E-state index in [9.17, 15) is 4.79 Å². The van der Waals surface area contributed by atoms with Crippen molar-refractivity contribution in [1.29, 1.82) is 0 Å². The van der Waals surface area contributed by atoms with Crippen LogP contribution in [0.15, 0.2) is 36.4 Å². The summed E-state index contributed by atoms with van der Waals surface area (Å²) in [4.78, 5) is 11.8. The number of para-hydroxylation sites is 1. The number of alkyl carbamates (subject to hydrolysis) is 1. The lowest BCUT2D eigenvalue weighted by molar-refractivity contribution is 0.142. The highest BCUT2D eigenvalue weighted by molar-refractivity contribution is 5.78. The number of carbonyl (C=O) groups is 1. The highest BCUT2D eigenvalue weighted by Crippen LogP contribution is 2.46. The number of carbonyl (C=O) groups excluding carboxylic acids is 1. The first kappa shape index (κ1) is 19.4. The first-order valence-electron chi connectivity index (χ1n) is 10.3. The van der Waals surface area contributed by atoms with Gasteiger partial charge in [-0.15, -0.1) is 0 Å². The van der Waals surface area contributed by atoms with Gasteiger partial charge >= 0.3 is 6.09 Å². The Morgan fingerprint density at radius 1 is 1.16 bits per heavy atom. The molecule has 2 aliphatic heterocycles. The third kappa shape index (κ3) is 3.08. The summed E-state index contributed by atoms with van der Waals surface area (Å²) in [5, 5.41) is 2.51. The Hall–Kier alpha value is -3.61. The van der Waals surface area contributed by atoms with Crippen molar-refractivity contribution in [3.8, 4) is 34.2 Å². The van der Waals surface area contributed by atoms with Crippen LogP contribution in [0.1, 0.15) is 22.4 Å². The van der Waals surface area contributed by atoms with E-state index in [0.29, 0.717) is 13.2 Å². The summed E-state index contributed by atoms with van der Waals surface area (Å²) in [6, 6.07) is 12.0. The maximum Gasteiger partial charge on any atom is 0.407 e. The zero-order valence-corrected chi connectivity index (χ0v) is 17.8. The standard InChI is InChI=1S/C24H24N2O5/c1-14-17(13-31-24(27)25-2)23(16-6-4-5-7-20(16)28-3)26-18(14)10-15-11-21-22(12-19(15)26)30-9-8-29-21/h4-7,11-12H,8-10,13H2,1-3H3,(H,25,27). The highest BCUT2D eigenvalue weighted by atomic mass is 16.6. The van der Waals surface area contributed by atoms with Crippen LogP contribution in [-0.4, -0.2) is 38.0 Å². The Balaban J connectivity index is 1.73. The van der Waals surface area contributed by atoms with Crippen LogP contribution in [0.4, 0.5) is 4.79 Å². The largest absolute Gasteiger partial charge is 0.496 e. The number of nitrogens with one attached hydrogen (secondary N) is 1. The molecular formula is C24H24N2O5. The van der Waals surface area contributed by atoms with Crippen LogP contribution < -0.4 is 19.5 Å². The van der Waals surface area contributed by atoms with Crippen molar-refractivity contribution in [2.75, 3.05) is 27.4 Å². The third-order valence-electron chi connectivity index (χ3n) is 5.92. The first-order chi connectivity index (χ1) is 15.1. The molecule has 2 aromatic carbocycles. The molecule has 1 amide bonds. The number of hydrogen-bond donors (Lipinski definition) is 1. The minimum atomic E-state index is -0.461. The maximum absolute atomic E-state index is 11.8. The van der Waals surface area contributed by atoms with Crippen LogP contribution in [0.25, 0.3) is 16.9 Å². The van der Waals surface area contributed by atoms with Gasteiger partial charge in [-0.05, 0) is 36.2 Å². The molecule has 1 aromatic heterocycles. The molecule has 3 heterocycles. The molecule has 5 rings (SSSR count). The van der Waals surface area contributed by atoms with Gasteiger partial charge in [-0.1, -0.05) is 12.1 Å². The average molecular weight is 420 g/mol. The molecular weight excluding hydrogens is 396 g/mol. The molecule has 2 aliphatic rings. The predicted molar refractivity (Wildman–Crippen MR) is 116 cm³/mol.